The second-order valence-electron chi connectivity index (χ2n) is 4.11. The molecule has 0 bridgehead atoms. The number of hydrogen-bond acceptors (Lipinski definition) is 4. The van der Waals surface area contributed by atoms with Crippen molar-refractivity contribution >= 4 is 17.5 Å². The van der Waals surface area contributed by atoms with Crippen molar-refractivity contribution in [1.82, 2.24) is 0 Å². The molecular formula is C14H9F3O3S. The van der Waals surface area contributed by atoms with Gasteiger partial charge in [0.25, 0.3) is 0 Å². The summed E-state index contributed by atoms with van der Waals surface area (Å²) in [6, 6.07) is 4.43. The third-order valence-electron chi connectivity index (χ3n) is 2.59. The van der Waals surface area contributed by atoms with Gasteiger partial charge < -0.3 is 10.2 Å². The van der Waals surface area contributed by atoms with Gasteiger partial charge in [-0.15, -0.1) is 11.8 Å². The zero-order valence-corrected chi connectivity index (χ0v) is 11.3. The molecule has 110 valence electrons. The minimum Gasteiger partial charge on any atom is -0.508 e. The Kier molecular flexibility index (Phi) is 4.42. The molecule has 0 atom stereocenters. The lowest BCUT2D eigenvalue weighted by molar-refractivity contribution is 0.102. The Bertz CT molecular complexity index is 681. The predicted molar refractivity (Wildman–Crippen MR) is 71.1 cm³/mol. The van der Waals surface area contributed by atoms with Gasteiger partial charge in [0.05, 0.1) is 16.2 Å². The summed E-state index contributed by atoms with van der Waals surface area (Å²) in [6.45, 7) is 0. The molecule has 7 heteroatoms. The maximum absolute atomic E-state index is 13.4. The number of phenols is 2. The minimum atomic E-state index is -1.10. The van der Waals surface area contributed by atoms with Crippen molar-refractivity contribution in [2.45, 2.75) is 4.90 Å². The summed E-state index contributed by atoms with van der Waals surface area (Å²) in [5.41, 5.74) is -0.0803. The van der Waals surface area contributed by atoms with Crippen LogP contribution in [0.3, 0.4) is 0 Å². The summed E-state index contributed by atoms with van der Waals surface area (Å²) in [6.07, 6.45) is 0. The number of thioether (sulfide) groups is 1. The van der Waals surface area contributed by atoms with Gasteiger partial charge in [0, 0.05) is 18.2 Å². The molecule has 2 rings (SSSR count). The van der Waals surface area contributed by atoms with E-state index in [1.54, 1.807) is 0 Å². The Morgan fingerprint density at radius 3 is 2.24 bits per heavy atom. The lowest BCUT2D eigenvalue weighted by atomic mass is 10.1. The maximum atomic E-state index is 13.4. The molecule has 0 aliphatic carbocycles. The summed E-state index contributed by atoms with van der Waals surface area (Å²) < 4.78 is 39.6. The van der Waals surface area contributed by atoms with Gasteiger partial charge in [0.1, 0.15) is 29.0 Å². The molecule has 2 aromatic rings. The van der Waals surface area contributed by atoms with E-state index >= 15 is 0 Å². The normalized spacial score (nSPS) is 10.6. The molecule has 0 saturated carbocycles. The van der Waals surface area contributed by atoms with Crippen LogP contribution in [0.4, 0.5) is 13.2 Å². The summed E-state index contributed by atoms with van der Waals surface area (Å²) in [7, 11) is 0. The Morgan fingerprint density at radius 2 is 1.67 bits per heavy atom. The van der Waals surface area contributed by atoms with E-state index in [2.05, 4.69) is 0 Å². The fraction of sp³-hybridized carbons (Fsp3) is 0.0714. The molecule has 2 aromatic carbocycles. The zero-order chi connectivity index (χ0) is 15.6. The fourth-order valence-electron chi connectivity index (χ4n) is 1.64. The Hall–Kier alpha value is -2.15. The van der Waals surface area contributed by atoms with Crippen LogP contribution in [-0.4, -0.2) is 21.7 Å². The molecule has 0 spiro atoms. The van der Waals surface area contributed by atoms with Gasteiger partial charge in [0.2, 0.25) is 0 Å². The van der Waals surface area contributed by atoms with Crippen LogP contribution < -0.4 is 0 Å². The molecule has 0 heterocycles. The molecule has 21 heavy (non-hydrogen) atoms. The molecule has 0 aliphatic heterocycles. The standard InChI is InChI=1S/C14H9F3O3S/c15-7-3-10(16)14(11(17)4-7)21-6-13(20)9-2-1-8(18)5-12(9)19/h1-5,18-19H,6H2. The minimum absolute atomic E-state index is 0.0803. The van der Waals surface area contributed by atoms with Crippen LogP contribution in [0.5, 0.6) is 11.5 Å². The fourth-order valence-corrected chi connectivity index (χ4v) is 2.46. The van der Waals surface area contributed by atoms with Gasteiger partial charge in [-0.05, 0) is 12.1 Å². The van der Waals surface area contributed by atoms with E-state index in [1.165, 1.54) is 12.1 Å². The molecule has 0 saturated heterocycles. The Balaban J connectivity index is 2.15. The van der Waals surface area contributed by atoms with Crippen LogP contribution >= 0.6 is 11.8 Å². The average molecular weight is 314 g/mol. The summed E-state index contributed by atoms with van der Waals surface area (Å²) in [5, 5.41) is 18.6. The Morgan fingerprint density at radius 1 is 1.05 bits per heavy atom. The SMILES string of the molecule is O=C(CSc1c(F)cc(F)cc1F)c1ccc(O)cc1O. The number of carbonyl (C=O) groups excluding carboxylic acids is 1. The highest BCUT2D eigenvalue weighted by atomic mass is 32.2. The topological polar surface area (TPSA) is 57.5 Å². The van der Waals surface area contributed by atoms with Crippen LogP contribution in [-0.2, 0) is 0 Å². The monoisotopic (exact) mass is 314 g/mol. The first-order chi connectivity index (χ1) is 9.88. The molecule has 0 aromatic heterocycles. The molecular weight excluding hydrogens is 305 g/mol. The number of phenolic OH excluding ortho intramolecular Hbond substituents is 2. The van der Waals surface area contributed by atoms with Gasteiger partial charge in [0.15, 0.2) is 5.78 Å². The first-order valence-corrected chi connectivity index (χ1v) is 6.69. The van der Waals surface area contributed by atoms with E-state index in [9.17, 15) is 23.1 Å². The van der Waals surface area contributed by atoms with E-state index in [-0.39, 0.29) is 17.1 Å². The predicted octanol–water partition coefficient (Wildman–Crippen LogP) is 3.49. The third kappa shape index (κ3) is 3.49. The van der Waals surface area contributed by atoms with Gasteiger partial charge in [-0.1, -0.05) is 0 Å². The van der Waals surface area contributed by atoms with E-state index in [1.807, 2.05) is 0 Å². The molecule has 3 nitrogen and oxygen atoms in total. The second-order valence-corrected chi connectivity index (χ2v) is 5.10. The highest BCUT2D eigenvalue weighted by Gasteiger charge is 2.16. The molecule has 0 radical (unpaired) electrons. The molecule has 2 N–H and O–H groups in total. The van der Waals surface area contributed by atoms with Crippen molar-refractivity contribution in [2.75, 3.05) is 5.75 Å². The lowest BCUT2D eigenvalue weighted by Gasteiger charge is -2.06. The second kappa shape index (κ2) is 6.09. The quantitative estimate of drug-likeness (QED) is 0.670. The van der Waals surface area contributed by atoms with E-state index in [0.717, 1.165) is 6.07 Å². The van der Waals surface area contributed by atoms with E-state index in [4.69, 9.17) is 5.11 Å². The van der Waals surface area contributed by atoms with Gasteiger partial charge in [-0.25, -0.2) is 13.2 Å². The smallest absolute Gasteiger partial charge is 0.176 e. The third-order valence-corrected chi connectivity index (χ3v) is 3.68. The number of benzene rings is 2. The van der Waals surface area contributed by atoms with Crippen LogP contribution in [0.2, 0.25) is 0 Å². The number of halogens is 3. The zero-order valence-electron chi connectivity index (χ0n) is 10.4. The van der Waals surface area contributed by atoms with Crippen molar-refractivity contribution < 1.29 is 28.2 Å². The Labute approximate surface area is 122 Å². The van der Waals surface area contributed by atoms with Gasteiger partial charge >= 0.3 is 0 Å². The molecule has 0 unspecified atom stereocenters. The van der Waals surface area contributed by atoms with Gasteiger partial charge in [-0.3, -0.25) is 4.79 Å². The molecule has 0 aliphatic rings. The summed E-state index contributed by atoms with van der Waals surface area (Å²) in [4.78, 5) is 11.4. The average Bonchev–Trinajstić information content (AvgIpc) is 2.36. The summed E-state index contributed by atoms with van der Waals surface area (Å²) >= 11 is 0.558. The maximum Gasteiger partial charge on any atom is 0.176 e. The molecule has 0 amide bonds. The highest BCUT2D eigenvalue weighted by Crippen LogP contribution is 2.29. The van der Waals surface area contributed by atoms with Crippen molar-refractivity contribution in [3.05, 3.63) is 53.3 Å². The van der Waals surface area contributed by atoms with Crippen molar-refractivity contribution in [3.8, 4) is 11.5 Å². The van der Waals surface area contributed by atoms with E-state index in [0.29, 0.717) is 23.9 Å². The largest absolute Gasteiger partial charge is 0.508 e. The number of hydrogen-bond donors (Lipinski definition) is 2. The van der Waals surface area contributed by atoms with Crippen molar-refractivity contribution in [1.29, 1.82) is 0 Å². The number of ketones is 1. The van der Waals surface area contributed by atoms with Crippen LogP contribution in [0.15, 0.2) is 35.2 Å². The van der Waals surface area contributed by atoms with Crippen LogP contribution in [0, 0.1) is 17.5 Å². The van der Waals surface area contributed by atoms with Crippen molar-refractivity contribution in [3.63, 3.8) is 0 Å². The number of rotatable bonds is 4. The number of aromatic hydroxyl groups is 2. The first-order valence-electron chi connectivity index (χ1n) is 5.71. The van der Waals surface area contributed by atoms with E-state index < -0.39 is 33.9 Å². The highest BCUT2D eigenvalue weighted by molar-refractivity contribution is 8.00. The summed E-state index contributed by atoms with van der Waals surface area (Å²) in [5.74, 6) is -4.82. The lowest BCUT2D eigenvalue weighted by Crippen LogP contribution is -2.03. The van der Waals surface area contributed by atoms with Gasteiger partial charge in [-0.2, -0.15) is 0 Å². The van der Waals surface area contributed by atoms with Crippen LogP contribution in [0.25, 0.3) is 0 Å². The first kappa shape index (κ1) is 15.2. The van der Waals surface area contributed by atoms with Crippen LogP contribution in [0.1, 0.15) is 10.4 Å². The number of Topliss-reactive ketones (excluding diaryl/α,β-unsaturated/α-hetero) is 1. The molecule has 0 fully saturated rings. The van der Waals surface area contributed by atoms with Crippen molar-refractivity contribution in [2.24, 2.45) is 0 Å². The number of carbonyl (C=O) groups is 1.